The first-order chi connectivity index (χ1) is 16.7. The molecule has 0 amide bonds. The molecule has 34 heavy (non-hydrogen) atoms. The van der Waals surface area contributed by atoms with Crippen molar-refractivity contribution in [2.24, 2.45) is 5.92 Å². The monoisotopic (exact) mass is 463 g/mol. The van der Waals surface area contributed by atoms with E-state index in [0.29, 0.717) is 0 Å². The summed E-state index contributed by atoms with van der Waals surface area (Å²) in [5.74, 6) is 10.1. The van der Waals surface area contributed by atoms with Crippen molar-refractivity contribution in [3.05, 3.63) is 89.3 Å². The largest absolute Gasteiger partial charge is 0.346 e. The number of halogens is 1. The van der Waals surface area contributed by atoms with E-state index in [1.54, 1.807) is 0 Å². The number of hydrogen-bond donors (Lipinski definition) is 0. The van der Waals surface area contributed by atoms with Gasteiger partial charge < -0.3 is 4.57 Å². The van der Waals surface area contributed by atoms with Crippen LogP contribution in [0.1, 0.15) is 24.1 Å². The lowest BCUT2D eigenvalue weighted by molar-refractivity contribution is 0.283. The Hall–Kier alpha value is -3.50. The number of rotatable bonds is 7. The van der Waals surface area contributed by atoms with E-state index >= 15 is 0 Å². The lowest BCUT2D eigenvalue weighted by Crippen LogP contribution is -2.29. The minimum atomic E-state index is 0.726. The van der Waals surface area contributed by atoms with E-state index in [1.165, 1.54) is 23.7 Å². The molecule has 0 atom stereocenters. The molecule has 2 heterocycles. The molecular weight excluding hydrogens is 438 g/mol. The van der Waals surface area contributed by atoms with Crippen LogP contribution < -0.4 is 0 Å². The SMILES string of the molecule is C#CCN(CCn1ccc2cc(C#Cc3ccc(-c4ccc(Cl)cc4)cn3)ccc21)CC1CC1. The van der Waals surface area contributed by atoms with Crippen LogP contribution in [0.15, 0.2) is 73.1 Å². The summed E-state index contributed by atoms with van der Waals surface area (Å²) in [6.07, 6.45) is 12.3. The second-order valence-electron chi connectivity index (χ2n) is 8.85. The van der Waals surface area contributed by atoms with Crippen LogP contribution in [0.2, 0.25) is 5.02 Å². The molecule has 168 valence electrons. The second kappa shape index (κ2) is 10.2. The van der Waals surface area contributed by atoms with Crippen molar-refractivity contribution in [2.45, 2.75) is 19.4 Å². The number of benzene rings is 2. The number of terminal acetylenes is 1. The Kier molecular flexibility index (Phi) is 6.68. The van der Waals surface area contributed by atoms with E-state index < -0.39 is 0 Å². The maximum Gasteiger partial charge on any atom is 0.113 e. The molecule has 2 aromatic carbocycles. The highest BCUT2D eigenvalue weighted by Gasteiger charge is 2.23. The van der Waals surface area contributed by atoms with Gasteiger partial charge in [0, 0.05) is 59.1 Å². The highest BCUT2D eigenvalue weighted by atomic mass is 35.5. The van der Waals surface area contributed by atoms with Gasteiger partial charge in [-0.05, 0) is 72.7 Å². The topological polar surface area (TPSA) is 21.1 Å². The van der Waals surface area contributed by atoms with Crippen molar-refractivity contribution in [3.63, 3.8) is 0 Å². The molecule has 0 saturated heterocycles. The standard InChI is InChI=1S/C30H26ClN3/c1-2-16-33(22-24-3-4-24)18-19-34-17-15-26-20-23(6-14-30(26)34)5-12-29-13-9-27(21-32-29)25-7-10-28(31)11-8-25/h1,6-11,13-15,17,20-21,24H,3-4,16,18-19,22H2. The zero-order chi connectivity index (χ0) is 23.3. The lowest BCUT2D eigenvalue weighted by Gasteiger charge is -2.20. The van der Waals surface area contributed by atoms with Gasteiger partial charge in [0.05, 0.1) is 6.54 Å². The van der Waals surface area contributed by atoms with Gasteiger partial charge in [-0.15, -0.1) is 6.42 Å². The third kappa shape index (κ3) is 5.52. The molecule has 0 unspecified atom stereocenters. The third-order valence-electron chi connectivity index (χ3n) is 6.23. The highest BCUT2D eigenvalue weighted by molar-refractivity contribution is 6.30. The second-order valence-corrected chi connectivity index (χ2v) is 9.29. The molecule has 0 bridgehead atoms. The van der Waals surface area contributed by atoms with Gasteiger partial charge in [-0.3, -0.25) is 4.90 Å². The zero-order valence-corrected chi connectivity index (χ0v) is 19.8. The van der Waals surface area contributed by atoms with Crippen molar-refractivity contribution in [1.29, 1.82) is 0 Å². The summed E-state index contributed by atoms with van der Waals surface area (Å²) in [5.41, 5.74) is 5.09. The molecule has 1 fully saturated rings. The molecule has 2 aromatic heterocycles. The van der Waals surface area contributed by atoms with Gasteiger partial charge in [0.15, 0.2) is 0 Å². The lowest BCUT2D eigenvalue weighted by atomic mass is 10.1. The van der Waals surface area contributed by atoms with Gasteiger partial charge in [-0.2, -0.15) is 0 Å². The molecule has 5 rings (SSSR count). The summed E-state index contributed by atoms with van der Waals surface area (Å²) in [6, 6.07) is 20.3. The molecule has 0 N–H and O–H groups in total. The van der Waals surface area contributed by atoms with Gasteiger partial charge in [-0.25, -0.2) is 4.98 Å². The smallest absolute Gasteiger partial charge is 0.113 e. The number of aromatic nitrogens is 2. The van der Waals surface area contributed by atoms with E-state index in [1.807, 2.05) is 42.6 Å². The molecule has 4 aromatic rings. The maximum absolute atomic E-state index is 5.98. The molecule has 1 saturated carbocycles. The van der Waals surface area contributed by atoms with Crippen molar-refractivity contribution < 1.29 is 0 Å². The average Bonchev–Trinajstić information content (AvgIpc) is 3.59. The third-order valence-corrected chi connectivity index (χ3v) is 6.48. The van der Waals surface area contributed by atoms with Crippen molar-refractivity contribution in [3.8, 4) is 35.3 Å². The van der Waals surface area contributed by atoms with Crippen LogP contribution in [0.5, 0.6) is 0 Å². The van der Waals surface area contributed by atoms with Crippen molar-refractivity contribution in [2.75, 3.05) is 19.6 Å². The summed E-state index contributed by atoms with van der Waals surface area (Å²) in [5, 5.41) is 1.93. The first-order valence-corrected chi connectivity index (χ1v) is 12.0. The number of hydrogen-bond acceptors (Lipinski definition) is 2. The van der Waals surface area contributed by atoms with E-state index in [-0.39, 0.29) is 0 Å². The highest BCUT2D eigenvalue weighted by Crippen LogP contribution is 2.29. The minimum Gasteiger partial charge on any atom is -0.346 e. The minimum absolute atomic E-state index is 0.726. The molecule has 3 nitrogen and oxygen atoms in total. The van der Waals surface area contributed by atoms with Crippen LogP contribution >= 0.6 is 11.6 Å². The number of fused-ring (bicyclic) bond motifs is 1. The van der Waals surface area contributed by atoms with Crippen molar-refractivity contribution in [1.82, 2.24) is 14.5 Å². The Morgan fingerprint density at radius 3 is 2.56 bits per heavy atom. The predicted molar refractivity (Wildman–Crippen MR) is 141 cm³/mol. The maximum atomic E-state index is 5.98. The van der Waals surface area contributed by atoms with Crippen LogP contribution in [-0.4, -0.2) is 34.1 Å². The van der Waals surface area contributed by atoms with Crippen LogP contribution in [0.3, 0.4) is 0 Å². The van der Waals surface area contributed by atoms with Gasteiger partial charge in [0.1, 0.15) is 5.69 Å². The molecule has 0 radical (unpaired) electrons. The molecule has 1 aliphatic carbocycles. The summed E-state index contributed by atoms with van der Waals surface area (Å²) < 4.78 is 2.31. The van der Waals surface area contributed by atoms with Crippen LogP contribution in [0.25, 0.3) is 22.0 Å². The van der Waals surface area contributed by atoms with E-state index in [2.05, 4.69) is 62.7 Å². The van der Waals surface area contributed by atoms with Gasteiger partial charge in [0.25, 0.3) is 0 Å². The molecule has 1 aliphatic rings. The normalized spacial score (nSPS) is 13.0. The first-order valence-electron chi connectivity index (χ1n) is 11.7. The predicted octanol–water partition coefficient (Wildman–Crippen LogP) is 6.10. The molecule has 4 heteroatoms. The summed E-state index contributed by atoms with van der Waals surface area (Å²) in [6.45, 7) is 3.76. The van der Waals surface area contributed by atoms with Gasteiger partial charge in [-0.1, -0.05) is 41.6 Å². The molecule has 0 aliphatic heterocycles. The summed E-state index contributed by atoms with van der Waals surface area (Å²) >= 11 is 5.98. The Balaban J connectivity index is 1.26. The van der Waals surface area contributed by atoms with Crippen LogP contribution in [-0.2, 0) is 6.54 Å². The quantitative estimate of drug-likeness (QED) is 0.309. The first kappa shape index (κ1) is 22.3. The van der Waals surface area contributed by atoms with E-state index in [4.69, 9.17) is 18.0 Å². The Bertz CT molecular complexity index is 1380. The fraction of sp³-hybridized carbons (Fsp3) is 0.233. The Labute approximate surface area is 206 Å². The zero-order valence-electron chi connectivity index (χ0n) is 19.0. The van der Waals surface area contributed by atoms with Crippen molar-refractivity contribution >= 4 is 22.5 Å². The van der Waals surface area contributed by atoms with Crippen LogP contribution in [0, 0.1) is 30.1 Å². The Morgan fingerprint density at radius 2 is 1.82 bits per heavy atom. The number of pyridine rings is 1. The Morgan fingerprint density at radius 1 is 1.00 bits per heavy atom. The summed E-state index contributed by atoms with van der Waals surface area (Å²) in [4.78, 5) is 6.91. The van der Waals surface area contributed by atoms with E-state index in [9.17, 15) is 0 Å². The van der Waals surface area contributed by atoms with E-state index in [0.717, 1.165) is 59.5 Å². The summed E-state index contributed by atoms with van der Waals surface area (Å²) in [7, 11) is 0. The van der Waals surface area contributed by atoms with Crippen LogP contribution in [0.4, 0.5) is 0 Å². The molecule has 0 spiro atoms. The fourth-order valence-electron chi connectivity index (χ4n) is 4.17. The fourth-order valence-corrected chi connectivity index (χ4v) is 4.29. The van der Waals surface area contributed by atoms with Gasteiger partial charge >= 0.3 is 0 Å². The average molecular weight is 464 g/mol. The van der Waals surface area contributed by atoms with Gasteiger partial charge in [0.2, 0.25) is 0 Å². The number of nitrogens with zero attached hydrogens (tertiary/aromatic N) is 3. The molecular formula is C30H26ClN3.